The minimum absolute atomic E-state index is 0. The largest absolute Gasteiger partial charge is 1.00 e. The van der Waals surface area contributed by atoms with Crippen molar-refractivity contribution in [2.45, 2.75) is 33.4 Å². The van der Waals surface area contributed by atoms with Crippen LogP contribution in [0.4, 0.5) is 43.7 Å². The summed E-state index contributed by atoms with van der Waals surface area (Å²) in [5.41, 5.74) is -2.72. The molecular weight excluding hydrogens is 1150 g/mol. The van der Waals surface area contributed by atoms with E-state index in [1.165, 1.54) is 74.2 Å². The number of aromatic hydroxyl groups is 2. The number of nitrogens with zero attached hydrogens (tertiary/aromatic N) is 6. The van der Waals surface area contributed by atoms with E-state index >= 15 is 0 Å². The first-order chi connectivity index (χ1) is 34.2. The summed E-state index contributed by atoms with van der Waals surface area (Å²) in [6, 6.07) is 12.0. The molecule has 0 fully saturated rings. The third-order valence-corrected chi connectivity index (χ3v) is 13.3. The summed E-state index contributed by atoms with van der Waals surface area (Å²) in [5, 5.41) is 40.6. The number of methoxy groups -OCH3 is 2. The van der Waals surface area contributed by atoms with Gasteiger partial charge in [-0.15, -0.1) is 20.5 Å². The molecule has 0 unspecified atom stereocenters. The Morgan fingerprint density at radius 1 is 0.545 bits per heavy atom. The van der Waals surface area contributed by atoms with Gasteiger partial charge < -0.3 is 47.4 Å². The summed E-state index contributed by atoms with van der Waals surface area (Å²) in [4.78, 5) is 22.7. The number of aromatic nitrogens is 2. The van der Waals surface area contributed by atoms with Gasteiger partial charge in [-0.1, -0.05) is 9.71 Å². The van der Waals surface area contributed by atoms with E-state index in [-0.39, 0.29) is 166 Å². The Morgan fingerprint density at radius 2 is 0.896 bits per heavy atom. The average molecular weight is 1180 g/mol. The smallest absolute Gasteiger partial charge is 0.744 e. The molecule has 37 heteroatoms. The summed E-state index contributed by atoms with van der Waals surface area (Å²) in [6.45, 7) is 2.58. The molecule has 0 aliphatic heterocycles. The molecule has 1 heterocycles. The number of carbonyl (C=O) groups is 2. The molecule has 29 nitrogen and oxygen atoms in total. The number of carbonyl (C=O) groups excluding carboxylic acids is 2. The van der Waals surface area contributed by atoms with E-state index in [1.54, 1.807) is 0 Å². The van der Waals surface area contributed by atoms with Gasteiger partial charge in [0.05, 0.1) is 58.4 Å². The normalized spacial score (nSPS) is 11.8. The number of azo groups is 2. The SMILES string of the molecule is CCOC(=O)Nc1cc(S(=O)(=O)[O-])cc2cc(S(=O)(=O)[O-])c(N=Nc3ccc(-n4on4-c4ccc(N=Nc5c(S(=O)(=O)[O-])cc6cc(S(=O)(=O)[O-])cc(NC(=O)OCC)c6c5O)c(OC)c4)cc3OC)c(O)c12.[Na+].[Na+].[Na+].[Na+]. The second-order valence-corrected chi connectivity index (χ2v) is 20.0. The van der Waals surface area contributed by atoms with Crippen molar-refractivity contribution in [2.75, 3.05) is 38.1 Å². The van der Waals surface area contributed by atoms with Gasteiger partial charge in [0.2, 0.25) is 0 Å². The zero-order valence-electron chi connectivity index (χ0n) is 41.3. The maximum absolute atomic E-state index is 12.4. The zero-order chi connectivity index (χ0) is 53.5. The van der Waals surface area contributed by atoms with E-state index in [0.717, 1.165) is 0 Å². The maximum Gasteiger partial charge on any atom is 1.00 e. The van der Waals surface area contributed by atoms with E-state index in [0.29, 0.717) is 36.4 Å². The molecule has 0 saturated heterocycles. The molecule has 77 heavy (non-hydrogen) atoms. The standard InChI is InChI=1S/C40H36N8O21S4.4Na/c1-5-67-39(51)41-27-17-23(70(53,54)55)11-19-13-31(72(59,60)61)35(37(49)33(19)27)45-43-25-9-7-21(15-29(25)65-3)47-48(69-47)22-8-10-26(30(16-22)66-4)44-46-36-32(73(62,63)64)14-20-12-24(71(56,57)58)18-28(34(20)38(36)50)42-40(52)68-6-2;;;;/h7-18,49-50H,5-6H2,1-4H3,(H,41,51)(H,42,52)(H,53,54,55)(H,56,57,58)(H,59,60,61)(H,62,63,64);;;;/q;4*+1/p-4. The Labute approximate surface area is 524 Å². The second kappa shape index (κ2) is 26.4. The van der Waals surface area contributed by atoms with Crippen LogP contribution in [0.15, 0.2) is 117 Å². The first-order valence-corrected chi connectivity index (χ1v) is 25.7. The molecule has 0 aliphatic carbocycles. The quantitative estimate of drug-likeness (QED) is 0.0398. The summed E-state index contributed by atoms with van der Waals surface area (Å²) in [5.74, 6) is -2.26. The summed E-state index contributed by atoms with van der Waals surface area (Å²) in [6.07, 6.45) is -2.32. The molecule has 4 N–H and O–H groups in total. The van der Waals surface area contributed by atoms with Crippen LogP contribution in [-0.2, 0) is 49.9 Å². The molecule has 0 radical (unpaired) electrons. The summed E-state index contributed by atoms with van der Waals surface area (Å²) >= 11 is 0. The van der Waals surface area contributed by atoms with Gasteiger partial charge in [-0.05, 0) is 85.3 Å². The van der Waals surface area contributed by atoms with Crippen LogP contribution in [0.25, 0.3) is 32.9 Å². The van der Waals surface area contributed by atoms with E-state index in [2.05, 4.69) is 31.1 Å². The maximum atomic E-state index is 12.4. The van der Waals surface area contributed by atoms with E-state index in [1.807, 2.05) is 0 Å². The summed E-state index contributed by atoms with van der Waals surface area (Å²) in [7, 11) is -19.1. The molecule has 6 aromatic carbocycles. The number of amides is 2. The van der Waals surface area contributed by atoms with Crippen LogP contribution in [0.5, 0.6) is 23.0 Å². The fraction of sp³-hybridized carbons (Fsp3) is 0.150. The van der Waals surface area contributed by atoms with Crippen LogP contribution in [0.2, 0.25) is 0 Å². The molecule has 0 atom stereocenters. The van der Waals surface area contributed by atoms with Crippen LogP contribution in [0.3, 0.4) is 0 Å². The minimum Gasteiger partial charge on any atom is -0.744 e. The third kappa shape index (κ3) is 15.2. The Kier molecular flexibility index (Phi) is 23.0. The Balaban J connectivity index is 0.00000390. The fourth-order valence-electron chi connectivity index (χ4n) is 6.84. The number of phenols is 2. The first-order valence-electron chi connectivity index (χ1n) is 20.0. The van der Waals surface area contributed by atoms with Crippen molar-refractivity contribution in [1.29, 1.82) is 0 Å². The van der Waals surface area contributed by atoms with Crippen molar-refractivity contribution in [2.24, 2.45) is 20.5 Å². The minimum atomic E-state index is -5.52. The molecule has 2 amide bonds. The number of nitrogens with one attached hydrogen (secondary N) is 2. The molecule has 7 rings (SSSR count). The molecule has 0 aliphatic rings. The molecule has 0 spiro atoms. The Bertz CT molecular complexity index is 3710. The van der Waals surface area contributed by atoms with Gasteiger partial charge in [0.25, 0.3) is 0 Å². The van der Waals surface area contributed by atoms with Crippen molar-refractivity contribution in [3.8, 4) is 34.4 Å². The van der Waals surface area contributed by atoms with Gasteiger partial charge in [-0.2, -0.15) is 0 Å². The van der Waals surface area contributed by atoms with E-state index in [9.17, 15) is 71.7 Å². The van der Waals surface area contributed by atoms with E-state index < -0.39 is 128 Å². The van der Waals surface area contributed by atoms with E-state index in [4.69, 9.17) is 23.6 Å². The molecule has 0 saturated carbocycles. The predicted octanol–water partition coefficient (Wildman–Crippen LogP) is -5.80. The molecule has 0 bridgehead atoms. The van der Waals surface area contributed by atoms with Crippen LogP contribution in [0, 0.1) is 0 Å². The van der Waals surface area contributed by atoms with Crippen LogP contribution < -0.4 is 138 Å². The molecule has 386 valence electrons. The second-order valence-electron chi connectivity index (χ2n) is 14.5. The van der Waals surface area contributed by atoms with Crippen molar-refractivity contribution in [3.63, 3.8) is 0 Å². The number of benzene rings is 6. The van der Waals surface area contributed by atoms with Crippen molar-refractivity contribution in [3.05, 3.63) is 72.8 Å². The zero-order valence-corrected chi connectivity index (χ0v) is 52.6. The number of hydrogen-bond acceptors (Lipinski definition) is 25. The number of phenolic OH excluding ortho intramolecular Hbond substituents is 2. The van der Waals surface area contributed by atoms with Gasteiger partial charge in [0, 0.05) is 22.9 Å². The first kappa shape index (κ1) is 67.1. The van der Waals surface area contributed by atoms with Gasteiger partial charge >= 0.3 is 130 Å². The number of ether oxygens (including phenoxy) is 4. The third-order valence-electron chi connectivity index (χ3n) is 9.97. The Hall–Kier alpha value is -4.18. The van der Waals surface area contributed by atoms with Gasteiger partial charge in [0.15, 0.2) is 11.5 Å². The Morgan fingerprint density at radius 3 is 1.19 bits per heavy atom. The van der Waals surface area contributed by atoms with Gasteiger partial charge in [-0.3, -0.25) is 10.6 Å². The van der Waals surface area contributed by atoms with Crippen molar-refractivity contribution in [1.82, 2.24) is 9.71 Å². The molecular formula is C40H32N8Na4O21S4. The summed E-state index contributed by atoms with van der Waals surface area (Å²) < 4.78 is 172. The number of rotatable bonds is 16. The van der Waals surface area contributed by atoms with Crippen LogP contribution in [-0.4, -0.2) is 111 Å². The van der Waals surface area contributed by atoms with Crippen LogP contribution >= 0.6 is 0 Å². The van der Waals surface area contributed by atoms with Gasteiger partial charge in [-0.25, -0.2) is 47.9 Å². The average Bonchev–Trinajstić information content (AvgIpc) is 4.10. The van der Waals surface area contributed by atoms with Gasteiger partial charge in [0.1, 0.15) is 86.1 Å². The van der Waals surface area contributed by atoms with Crippen molar-refractivity contribution >= 4 is 108 Å². The van der Waals surface area contributed by atoms with Crippen LogP contribution in [0.1, 0.15) is 13.8 Å². The number of anilines is 2. The van der Waals surface area contributed by atoms with Crippen molar-refractivity contribution < 1.29 is 213 Å². The predicted molar refractivity (Wildman–Crippen MR) is 243 cm³/mol. The molecule has 7 aromatic rings. The fourth-order valence-corrected chi connectivity index (χ4v) is 9.20. The monoisotopic (exact) mass is 1180 g/mol. The number of fused-ring (bicyclic) bond motifs is 2. The number of hydrogen-bond donors (Lipinski definition) is 4. The molecule has 1 aromatic heterocycles. The topological polar surface area (TPSA) is 437 Å².